The Kier molecular flexibility index (Phi) is 7.06. The molecule has 0 radical (unpaired) electrons. The van der Waals surface area contributed by atoms with E-state index in [2.05, 4.69) is 36.9 Å². The fraction of sp³-hybridized carbons (Fsp3) is 0.632. The molecule has 1 fully saturated rings. The average molecular weight is 334 g/mol. The second-order valence-electron chi connectivity index (χ2n) is 6.85. The van der Waals surface area contributed by atoms with Crippen molar-refractivity contribution in [2.75, 3.05) is 39.8 Å². The molecule has 24 heavy (non-hydrogen) atoms. The maximum absolute atomic E-state index is 10.9. The molecule has 1 aromatic rings. The van der Waals surface area contributed by atoms with Gasteiger partial charge in [-0.2, -0.15) is 0 Å². The zero-order valence-corrected chi connectivity index (χ0v) is 15.1. The van der Waals surface area contributed by atoms with Gasteiger partial charge >= 0.3 is 5.97 Å². The zero-order chi connectivity index (χ0) is 17.5. The lowest BCUT2D eigenvalue weighted by Crippen LogP contribution is -2.37. The van der Waals surface area contributed by atoms with Crippen LogP contribution in [-0.4, -0.2) is 66.8 Å². The number of likely N-dealkylation sites (tertiary alicyclic amines) is 1. The molecule has 1 aliphatic rings. The van der Waals surface area contributed by atoms with Crippen molar-refractivity contribution in [2.24, 2.45) is 0 Å². The molecule has 1 heterocycles. The predicted octanol–water partition coefficient (Wildman–Crippen LogP) is 2.55. The molecule has 0 amide bonds. The second-order valence-corrected chi connectivity index (χ2v) is 6.85. The summed E-state index contributed by atoms with van der Waals surface area (Å²) in [4.78, 5) is 15.3. The third kappa shape index (κ3) is 5.80. The lowest BCUT2D eigenvalue weighted by molar-refractivity contribution is -0.138. The maximum Gasteiger partial charge on any atom is 0.317 e. The number of nitrogens with zero attached hydrogens (tertiary/aromatic N) is 2. The van der Waals surface area contributed by atoms with Crippen molar-refractivity contribution in [1.82, 2.24) is 9.80 Å². The Bertz CT molecular complexity index is 547. The first-order valence-corrected chi connectivity index (χ1v) is 8.80. The van der Waals surface area contributed by atoms with Crippen molar-refractivity contribution in [2.45, 2.75) is 39.2 Å². The number of ether oxygens (including phenoxy) is 1. The molecule has 0 aliphatic carbocycles. The number of likely N-dealkylation sites (N-methyl/N-ethyl adjacent to an activating group) is 1. The highest BCUT2D eigenvalue weighted by molar-refractivity contribution is 5.69. The van der Waals surface area contributed by atoms with Crippen LogP contribution in [0.25, 0.3) is 0 Å². The summed E-state index contributed by atoms with van der Waals surface area (Å²) in [6.45, 7) is 7.96. The molecule has 0 aromatic heterocycles. The number of hydrogen-bond donors (Lipinski definition) is 1. The van der Waals surface area contributed by atoms with E-state index in [0.29, 0.717) is 12.6 Å². The van der Waals surface area contributed by atoms with E-state index in [9.17, 15) is 4.79 Å². The molecule has 0 bridgehead atoms. The Hall–Kier alpha value is -1.59. The van der Waals surface area contributed by atoms with Crippen LogP contribution in [-0.2, 0) is 4.79 Å². The standard InChI is InChI=1S/C19H30N2O3/c1-15-6-7-16(2)18(13-15)24-12-11-21-9-4-5-17(8-10-21)20(3)14-19(22)23/h6-7,13,17H,4-5,8-12,14H2,1-3H3,(H,22,23). The minimum Gasteiger partial charge on any atom is -0.492 e. The number of hydrogen-bond acceptors (Lipinski definition) is 4. The van der Waals surface area contributed by atoms with Crippen molar-refractivity contribution < 1.29 is 14.6 Å². The van der Waals surface area contributed by atoms with Gasteiger partial charge in [0.1, 0.15) is 12.4 Å². The fourth-order valence-electron chi connectivity index (χ4n) is 3.29. The van der Waals surface area contributed by atoms with E-state index >= 15 is 0 Å². The van der Waals surface area contributed by atoms with Crippen LogP contribution in [0, 0.1) is 13.8 Å². The van der Waals surface area contributed by atoms with Crippen molar-refractivity contribution in [3.8, 4) is 5.75 Å². The molecule has 5 heteroatoms. The Balaban J connectivity index is 1.76. The van der Waals surface area contributed by atoms with Crippen LogP contribution in [0.5, 0.6) is 5.75 Å². The molecule has 1 atom stereocenters. The molecule has 1 N–H and O–H groups in total. The number of aliphatic carboxylic acids is 1. The molecule has 2 rings (SSSR count). The van der Waals surface area contributed by atoms with Crippen LogP contribution in [0.1, 0.15) is 30.4 Å². The van der Waals surface area contributed by atoms with Gasteiger partial charge in [0.15, 0.2) is 0 Å². The topological polar surface area (TPSA) is 53.0 Å². The third-order valence-corrected chi connectivity index (χ3v) is 4.81. The summed E-state index contributed by atoms with van der Waals surface area (Å²) in [5, 5.41) is 8.93. The highest BCUT2D eigenvalue weighted by Gasteiger charge is 2.21. The largest absolute Gasteiger partial charge is 0.492 e. The van der Waals surface area contributed by atoms with Crippen LogP contribution in [0.4, 0.5) is 0 Å². The maximum atomic E-state index is 10.9. The molecule has 0 spiro atoms. The van der Waals surface area contributed by atoms with Crippen molar-refractivity contribution >= 4 is 5.97 Å². The molecule has 1 aliphatic heterocycles. The Morgan fingerprint density at radius 1 is 1.33 bits per heavy atom. The van der Waals surface area contributed by atoms with E-state index < -0.39 is 5.97 Å². The number of carboxylic acid groups (broad SMARTS) is 1. The van der Waals surface area contributed by atoms with E-state index in [4.69, 9.17) is 9.84 Å². The van der Waals surface area contributed by atoms with Gasteiger partial charge in [0.2, 0.25) is 0 Å². The number of aryl methyl sites for hydroxylation is 2. The first-order chi connectivity index (χ1) is 11.5. The van der Waals surface area contributed by atoms with Gasteiger partial charge in [0.05, 0.1) is 6.54 Å². The van der Waals surface area contributed by atoms with Gasteiger partial charge < -0.3 is 9.84 Å². The third-order valence-electron chi connectivity index (χ3n) is 4.81. The highest BCUT2D eigenvalue weighted by atomic mass is 16.5. The smallest absolute Gasteiger partial charge is 0.317 e. The minimum absolute atomic E-state index is 0.125. The summed E-state index contributed by atoms with van der Waals surface area (Å²) >= 11 is 0. The van der Waals surface area contributed by atoms with E-state index in [1.165, 1.54) is 11.1 Å². The normalized spacial score (nSPS) is 19.2. The summed E-state index contributed by atoms with van der Waals surface area (Å²) in [6, 6.07) is 6.66. The molecule has 134 valence electrons. The van der Waals surface area contributed by atoms with E-state index in [0.717, 1.165) is 44.6 Å². The number of rotatable bonds is 7. The Morgan fingerprint density at radius 3 is 2.88 bits per heavy atom. The lowest BCUT2D eigenvalue weighted by Gasteiger charge is -2.25. The predicted molar refractivity (Wildman–Crippen MR) is 95.8 cm³/mol. The fourth-order valence-corrected chi connectivity index (χ4v) is 3.29. The highest BCUT2D eigenvalue weighted by Crippen LogP contribution is 2.19. The first-order valence-electron chi connectivity index (χ1n) is 8.80. The van der Waals surface area contributed by atoms with Gasteiger partial charge in [0.25, 0.3) is 0 Å². The molecule has 1 saturated heterocycles. The van der Waals surface area contributed by atoms with Crippen LogP contribution in [0.3, 0.4) is 0 Å². The van der Waals surface area contributed by atoms with Crippen LogP contribution < -0.4 is 4.74 Å². The van der Waals surface area contributed by atoms with Gasteiger partial charge in [0, 0.05) is 12.6 Å². The lowest BCUT2D eigenvalue weighted by atomic mass is 10.1. The molecule has 1 unspecified atom stereocenters. The van der Waals surface area contributed by atoms with Crippen molar-refractivity contribution in [1.29, 1.82) is 0 Å². The minimum atomic E-state index is -0.750. The number of benzene rings is 1. The van der Waals surface area contributed by atoms with E-state index in [1.807, 2.05) is 11.9 Å². The van der Waals surface area contributed by atoms with Crippen molar-refractivity contribution in [3.05, 3.63) is 29.3 Å². The molecule has 0 saturated carbocycles. The average Bonchev–Trinajstić information content (AvgIpc) is 2.76. The van der Waals surface area contributed by atoms with E-state index in [-0.39, 0.29) is 6.54 Å². The molecular weight excluding hydrogens is 304 g/mol. The van der Waals surface area contributed by atoms with Crippen LogP contribution in [0.2, 0.25) is 0 Å². The summed E-state index contributed by atoms with van der Waals surface area (Å²) in [6.07, 6.45) is 3.20. The molecule has 1 aromatic carbocycles. The Labute approximate surface area is 145 Å². The quantitative estimate of drug-likeness (QED) is 0.830. The summed E-state index contributed by atoms with van der Waals surface area (Å²) in [5.41, 5.74) is 2.39. The molecule has 5 nitrogen and oxygen atoms in total. The van der Waals surface area contributed by atoms with Crippen LogP contribution >= 0.6 is 0 Å². The SMILES string of the molecule is Cc1ccc(C)c(OCCN2CCCC(N(C)CC(=O)O)CC2)c1. The Morgan fingerprint density at radius 2 is 2.12 bits per heavy atom. The van der Waals surface area contributed by atoms with Gasteiger partial charge in [-0.1, -0.05) is 12.1 Å². The van der Waals surface area contributed by atoms with Gasteiger partial charge in [-0.3, -0.25) is 14.6 Å². The first kappa shape index (κ1) is 18.7. The zero-order valence-electron chi connectivity index (χ0n) is 15.1. The van der Waals surface area contributed by atoms with Gasteiger partial charge in [-0.25, -0.2) is 0 Å². The second kappa shape index (κ2) is 9.04. The van der Waals surface area contributed by atoms with Crippen LogP contribution in [0.15, 0.2) is 18.2 Å². The van der Waals surface area contributed by atoms with Gasteiger partial charge in [-0.15, -0.1) is 0 Å². The molecular formula is C19H30N2O3. The van der Waals surface area contributed by atoms with E-state index in [1.54, 1.807) is 0 Å². The monoisotopic (exact) mass is 334 g/mol. The summed E-state index contributed by atoms with van der Waals surface area (Å²) in [7, 11) is 1.91. The number of carbonyl (C=O) groups is 1. The van der Waals surface area contributed by atoms with Crippen molar-refractivity contribution in [3.63, 3.8) is 0 Å². The summed E-state index contributed by atoms with van der Waals surface area (Å²) in [5.74, 6) is 0.226. The van der Waals surface area contributed by atoms with Gasteiger partial charge in [-0.05, 0) is 70.4 Å². The summed E-state index contributed by atoms with van der Waals surface area (Å²) < 4.78 is 5.96. The number of carboxylic acids is 1.